The second kappa shape index (κ2) is 8.12. The Morgan fingerprint density at radius 3 is 2.37 bits per heavy atom. The molecule has 0 saturated heterocycles. The van der Waals surface area contributed by atoms with Crippen LogP contribution >= 0.6 is 0 Å². The third-order valence-electron chi connectivity index (χ3n) is 4.68. The van der Waals surface area contributed by atoms with E-state index in [-0.39, 0.29) is 11.7 Å². The predicted octanol–water partition coefficient (Wildman–Crippen LogP) is 3.97. The van der Waals surface area contributed by atoms with Gasteiger partial charge in [0.2, 0.25) is 0 Å². The number of sulfone groups is 1. The van der Waals surface area contributed by atoms with Crippen LogP contribution in [0.2, 0.25) is 0 Å². The Balaban J connectivity index is 1.48. The summed E-state index contributed by atoms with van der Waals surface area (Å²) < 4.78 is 28.2. The molecule has 0 aliphatic heterocycles. The van der Waals surface area contributed by atoms with Gasteiger partial charge in [-0.15, -0.1) is 0 Å². The maximum atomic E-state index is 12.6. The Bertz CT molecular complexity index is 1290. The first-order chi connectivity index (χ1) is 14.4. The lowest BCUT2D eigenvalue weighted by Gasteiger charge is -2.07. The summed E-state index contributed by atoms with van der Waals surface area (Å²) in [5.41, 5.74) is 3.70. The molecule has 0 atom stereocenters. The molecule has 0 spiro atoms. The molecular weight excluding hydrogens is 400 g/mol. The summed E-state index contributed by atoms with van der Waals surface area (Å²) in [6.45, 7) is 0.338. The lowest BCUT2D eigenvalue weighted by molar-refractivity contribution is 0.0951. The van der Waals surface area contributed by atoms with Crippen LogP contribution in [0, 0.1) is 0 Å². The van der Waals surface area contributed by atoms with Crippen LogP contribution in [-0.4, -0.2) is 25.7 Å². The van der Waals surface area contributed by atoms with Crippen molar-refractivity contribution in [1.82, 2.24) is 10.5 Å². The van der Waals surface area contributed by atoms with Gasteiger partial charge >= 0.3 is 0 Å². The lowest BCUT2D eigenvalue weighted by Crippen LogP contribution is -2.22. The third kappa shape index (κ3) is 4.58. The number of carbonyl (C=O) groups is 1. The topological polar surface area (TPSA) is 89.3 Å². The van der Waals surface area contributed by atoms with Crippen molar-refractivity contribution in [3.8, 4) is 11.3 Å². The van der Waals surface area contributed by atoms with Crippen molar-refractivity contribution in [3.05, 3.63) is 89.5 Å². The smallest absolute Gasteiger partial charge is 0.251 e. The lowest BCUT2D eigenvalue weighted by atomic mass is 10.1. The number of nitrogens with one attached hydrogen (secondary N) is 1. The van der Waals surface area contributed by atoms with Crippen molar-refractivity contribution in [1.29, 1.82) is 0 Å². The Morgan fingerprint density at radius 1 is 0.967 bits per heavy atom. The Morgan fingerprint density at radius 2 is 1.67 bits per heavy atom. The van der Waals surface area contributed by atoms with Crippen molar-refractivity contribution < 1.29 is 17.7 Å². The van der Waals surface area contributed by atoms with Crippen molar-refractivity contribution >= 4 is 26.6 Å². The van der Waals surface area contributed by atoms with Crippen LogP contribution in [-0.2, 0) is 22.1 Å². The standard InChI is InChI=1S/C23H20N2O4S/c1-30(27,28)15-17-9-7-16(8-10-17)14-24-23(26)19-11-12-21-20(13-19)22(29-25-21)18-5-3-2-4-6-18/h2-13H,14-15H2,1H3,(H,24,26). The normalized spacial score (nSPS) is 11.5. The van der Waals surface area contributed by atoms with Crippen LogP contribution in [0.15, 0.2) is 77.3 Å². The van der Waals surface area contributed by atoms with Crippen molar-refractivity contribution in [2.24, 2.45) is 0 Å². The monoisotopic (exact) mass is 420 g/mol. The summed E-state index contributed by atoms with van der Waals surface area (Å²) in [5.74, 6) is 0.418. The number of amides is 1. The molecule has 0 fully saturated rings. The largest absolute Gasteiger partial charge is 0.355 e. The van der Waals surface area contributed by atoms with E-state index in [2.05, 4.69) is 10.5 Å². The van der Waals surface area contributed by atoms with Crippen molar-refractivity contribution in [3.63, 3.8) is 0 Å². The fraction of sp³-hybridized carbons (Fsp3) is 0.130. The number of benzene rings is 3. The zero-order valence-electron chi connectivity index (χ0n) is 16.3. The molecule has 1 amide bonds. The number of nitrogens with zero attached hydrogens (tertiary/aromatic N) is 1. The van der Waals surface area contributed by atoms with Gasteiger partial charge in [0, 0.05) is 23.9 Å². The maximum Gasteiger partial charge on any atom is 0.251 e. The molecule has 0 radical (unpaired) electrons. The highest BCUT2D eigenvalue weighted by Gasteiger charge is 2.14. The van der Waals surface area contributed by atoms with Gasteiger partial charge in [-0.2, -0.15) is 0 Å². The second-order valence-corrected chi connectivity index (χ2v) is 9.32. The molecule has 0 unspecified atom stereocenters. The van der Waals surface area contributed by atoms with Crippen LogP contribution in [0.3, 0.4) is 0 Å². The molecule has 30 heavy (non-hydrogen) atoms. The summed E-state index contributed by atoms with van der Waals surface area (Å²) in [7, 11) is -3.07. The fourth-order valence-corrected chi connectivity index (χ4v) is 4.02. The van der Waals surface area contributed by atoms with Gasteiger partial charge in [-0.1, -0.05) is 59.8 Å². The highest BCUT2D eigenvalue weighted by molar-refractivity contribution is 7.89. The van der Waals surface area contributed by atoms with Gasteiger partial charge in [-0.3, -0.25) is 4.79 Å². The number of carbonyl (C=O) groups excluding carboxylic acids is 1. The Hall–Kier alpha value is -3.45. The quantitative estimate of drug-likeness (QED) is 0.510. The molecule has 3 aromatic carbocycles. The molecule has 152 valence electrons. The van der Waals surface area contributed by atoms with Crippen molar-refractivity contribution in [2.45, 2.75) is 12.3 Å². The SMILES string of the molecule is CS(=O)(=O)Cc1ccc(CNC(=O)c2ccc3noc(-c4ccccc4)c3c2)cc1. The van der Waals surface area contributed by atoms with E-state index >= 15 is 0 Å². The predicted molar refractivity (Wildman–Crippen MR) is 116 cm³/mol. The van der Waals surface area contributed by atoms with Gasteiger partial charge in [-0.25, -0.2) is 8.42 Å². The minimum absolute atomic E-state index is 0.00212. The average Bonchev–Trinajstić information content (AvgIpc) is 3.16. The molecule has 1 heterocycles. The van der Waals surface area contributed by atoms with E-state index in [0.717, 1.165) is 22.1 Å². The van der Waals surface area contributed by atoms with E-state index < -0.39 is 9.84 Å². The van der Waals surface area contributed by atoms with Crippen LogP contribution in [0.25, 0.3) is 22.2 Å². The second-order valence-electron chi connectivity index (χ2n) is 7.18. The van der Waals surface area contributed by atoms with E-state index in [0.29, 0.717) is 23.4 Å². The summed E-state index contributed by atoms with van der Waals surface area (Å²) >= 11 is 0. The first kappa shape index (κ1) is 19.8. The molecule has 1 aromatic heterocycles. The molecule has 6 nitrogen and oxygen atoms in total. The van der Waals surface area contributed by atoms with E-state index in [1.807, 2.05) is 42.5 Å². The zero-order valence-corrected chi connectivity index (χ0v) is 17.1. The van der Waals surface area contributed by atoms with E-state index in [9.17, 15) is 13.2 Å². The van der Waals surface area contributed by atoms with E-state index in [1.165, 1.54) is 6.26 Å². The number of fused-ring (bicyclic) bond motifs is 1. The highest BCUT2D eigenvalue weighted by atomic mass is 32.2. The van der Waals surface area contributed by atoms with Gasteiger partial charge in [0.25, 0.3) is 5.91 Å². The van der Waals surface area contributed by atoms with Crippen LogP contribution in [0.4, 0.5) is 0 Å². The number of aromatic nitrogens is 1. The summed E-state index contributed by atoms with van der Waals surface area (Å²) in [6, 6.07) is 22.0. The molecule has 0 aliphatic rings. The molecular formula is C23H20N2O4S. The highest BCUT2D eigenvalue weighted by Crippen LogP contribution is 2.29. The molecule has 0 saturated carbocycles. The van der Waals surface area contributed by atoms with E-state index in [1.54, 1.807) is 30.3 Å². The Kier molecular flexibility index (Phi) is 5.37. The Labute approximate surface area is 174 Å². The molecule has 4 rings (SSSR count). The average molecular weight is 420 g/mol. The summed E-state index contributed by atoms with van der Waals surface area (Å²) in [4.78, 5) is 12.6. The molecule has 0 bridgehead atoms. The van der Waals surface area contributed by atoms with Crippen LogP contribution < -0.4 is 5.32 Å². The van der Waals surface area contributed by atoms with Crippen molar-refractivity contribution in [2.75, 3.05) is 6.26 Å². The van der Waals surface area contributed by atoms with Gasteiger partial charge in [0.1, 0.15) is 5.52 Å². The number of hydrogen-bond donors (Lipinski definition) is 1. The first-order valence-corrected chi connectivity index (χ1v) is 11.4. The zero-order chi connectivity index (χ0) is 21.1. The van der Waals surface area contributed by atoms with Crippen LogP contribution in [0.5, 0.6) is 0 Å². The third-order valence-corrected chi connectivity index (χ3v) is 5.54. The van der Waals surface area contributed by atoms with Gasteiger partial charge in [0.05, 0.1) is 11.1 Å². The van der Waals surface area contributed by atoms with Gasteiger partial charge in [0.15, 0.2) is 15.6 Å². The van der Waals surface area contributed by atoms with Gasteiger partial charge in [-0.05, 0) is 29.3 Å². The van der Waals surface area contributed by atoms with Gasteiger partial charge < -0.3 is 9.84 Å². The minimum atomic E-state index is -3.07. The number of hydrogen-bond acceptors (Lipinski definition) is 5. The molecule has 7 heteroatoms. The minimum Gasteiger partial charge on any atom is -0.355 e. The molecule has 4 aromatic rings. The van der Waals surface area contributed by atoms with E-state index in [4.69, 9.17) is 4.52 Å². The maximum absolute atomic E-state index is 12.6. The first-order valence-electron chi connectivity index (χ1n) is 9.38. The molecule has 1 N–H and O–H groups in total. The summed E-state index contributed by atoms with van der Waals surface area (Å²) in [6.07, 6.45) is 1.21. The number of rotatable bonds is 6. The molecule has 0 aliphatic carbocycles. The summed E-state index contributed by atoms with van der Waals surface area (Å²) in [5, 5.41) is 7.74. The van der Waals surface area contributed by atoms with Crippen LogP contribution in [0.1, 0.15) is 21.5 Å². The fourth-order valence-electron chi connectivity index (χ4n) is 3.22.